The molecule has 2 aromatic rings. The molecule has 0 radical (unpaired) electrons. The maximum absolute atomic E-state index is 12.3. The summed E-state index contributed by atoms with van der Waals surface area (Å²) < 4.78 is 5.48. The van der Waals surface area contributed by atoms with E-state index >= 15 is 0 Å². The third kappa shape index (κ3) is 3.18. The number of aryl methyl sites for hydroxylation is 1. The van der Waals surface area contributed by atoms with Gasteiger partial charge in [0.05, 0.1) is 5.69 Å². The second-order valence-electron chi connectivity index (χ2n) is 5.46. The molecule has 0 saturated carbocycles. The molecule has 1 atom stereocenters. The molecule has 0 fully saturated rings. The van der Waals surface area contributed by atoms with Gasteiger partial charge in [-0.2, -0.15) is 0 Å². The van der Waals surface area contributed by atoms with E-state index in [0.717, 1.165) is 12.1 Å². The lowest BCUT2D eigenvalue weighted by molar-refractivity contribution is -0.122. The number of hydrogen-bond donors (Lipinski definition) is 2. The summed E-state index contributed by atoms with van der Waals surface area (Å²) in [4.78, 5) is 24.0. The number of carbonyl (C=O) groups is 2. The highest BCUT2D eigenvalue weighted by Gasteiger charge is 2.24. The fourth-order valence-corrected chi connectivity index (χ4v) is 2.38. The minimum Gasteiger partial charge on any atom is -0.479 e. The number of ether oxygens (including phenoxy) is 1. The number of amides is 2. The van der Waals surface area contributed by atoms with Gasteiger partial charge in [0.2, 0.25) is 0 Å². The first-order valence-corrected chi connectivity index (χ1v) is 7.58. The molecule has 0 bridgehead atoms. The molecule has 1 heterocycles. The second-order valence-corrected chi connectivity index (χ2v) is 5.46. The molecule has 2 aromatic carbocycles. The fourth-order valence-electron chi connectivity index (χ4n) is 2.38. The van der Waals surface area contributed by atoms with Crippen molar-refractivity contribution < 1.29 is 14.3 Å². The van der Waals surface area contributed by atoms with Crippen molar-refractivity contribution in [3.63, 3.8) is 0 Å². The zero-order valence-corrected chi connectivity index (χ0v) is 13.1. The lowest BCUT2D eigenvalue weighted by atomic mass is 10.1. The van der Waals surface area contributed by atoms with Gasteiger partial charge in [-0.05, 0) is 49.2 Å². The van der Waals surface area contributed by atoms with Crippen LogP contribution in [-0.2, 0) is 11.2 Å². The SMILES string of the molecule is CCc1ccc(NC(=O)c2ccc3c(c2)NC(=O)C(C)O3)cc1. The van der Waals surface area contributed by atoms with E-state index in [1.807, 2.05) is 24.3 Å². The molecule has 0 spiro atoms. The first-order valence-electron chi connectivity index (χ1n) is 7.58. The maximum atomic E-state index is 12.3. The van der Waals surface area contributed by atoms with Crippen molar-refractivity contribution in [3.8, 4) is 5.75 Å². The molecule has 1 aliphatic heterocycles. The van der Waals surface area contributed by atoms with Gasteiger partial charge >= 0.3 is 0 Å². The lowest BCUT2D eigenvalue weighted by Gasteiger charge is -2.23. The molecule has 1 aliphatic rings. The van der Waals surface area contributed by atoms with E-state index in [0.29, 0.717) is 17.0 Å². The summed E-state index contributed by atoms with van der Waals surface area (Å²) in [7, 11) is 0. The van der Waals surface area contributed by atoms with Crippen LogP contribution in [0, 0.1) is 0 Å². The second kappa shape index (κ2) is 6.12. The van der Waals surface area contributed by atoms with Crippen LogP contribution in [-0.4, -0.2) is 17.9 Å². The molecule has 5 heteroatoms. The van der Waals surface area contributed by atoms with Gasteiger partial charge in [0.1, 0.15) is 5.75 Å². The molecule has 0 saturated heterocycles. The van der Waals surface area contributed by atoms with Crippen LogP contribution >= 0.6 is 0 Å². The molecule has 2 N–H and O–H groups in total. The number of fused-ring (bicyclic) bond motifs is 1. The van der Waals surface area contributed by atoms with E-state index in [9.17, 15) is 9.59 Å². The van der Waals surface area contributed by atoms with E-state index in [-0.39, 0.29) is 11.8 Å². The van der Waals surface area contributed by atoms with Gasteiger partial charge < -0.3 is 15.4 Å². The lowest BCUT2D eigenvalue weighted by Crippen LogP contribution is -2.34. The minimum atomic E-state index is -0.528. The maximum Gasteiger partial charge on any atom is 0.265 e. The fraction of sp³-hybridized carbons (Fsp3) is 0.222. The number of benzene rings is 2. The van der Waals surface area contributed by atoms with Gasteiger partial charge in [-0.15, -0.1) is 0 Å². The molecule has 118 valence electrons. The quantitative estimate of drug-likeness (QED) is 0.914. The van der Waals surface area contributed by atoms with Crippen LogP contribution in [0.25, 0.3) is 0 Å². The smallest absolute Gasteiger partial charge is 0.265 e. The third-order valence-corrected chi connectivity index (χ3v) is 3.79. The number of hydrogen-bond acceptors (Lipinski definition) is 3. The van der Waals surface area contributed by atoms with E-state index in [1.54, 1.807) is 25.1 Å². The number of carbonyl (C=O) groups excluding carboxylic acids is 2. The van der Waals surface area contributed by atoms with Gasteiger partial charge in [0.25, 0.3) is 11.8 Å². The van der Waals surface area contributed by atoms with Crippen molar-refractivity contribution in [2.24, 2.45) is 0 Å². The van der Waals surface area contributed by atoms with Crippen LogP contribution in [0.15, 0.2) is 42.5 Å². The van der Waals surface area contributed by atoms with Gasteiger partial charge in [-0.1, -0.05) is 19.1 Å². The van der Waals surface area contributed by atoms with Crippen molar-refractivity contribution in [1.82, 2.24) is 0 Å². The molecule has 23 heavy (non-hydrogen) atoms. The monoisotopic (exact) mass is 310 g/mol. The highest BCUT2D eigenvalue weighted by atomic mass is 16.5. The number of rotatable bonds is 3. The van der Waals surface area contributed by atoms with Gasteiger partial charge in [-0.3, -0.25) is 9.59 Å². The predicted octanol–water partition coefficient (Wildman–Crippen LogP) is 3.22. The van der Waals surface area contributed by atoms with E-state index in [2.05, 4.69) is 17.6 Å². The summed E-state index contributed by atoms with van der Waals surface area (Å²) in [6, 6.07) is 12.7. The predicted molar refractivity (Wildman–Crippen MR) is 88.9 cm³/mol. The zero-order valence-electron chi connectivity index (χ0n) is 13.1. The largest absolute Gasteiger partial charge is 0.479 e. The zero-order chi connectivity index (χ0) is 16.4. The summed E-state index contributed by atoms with van der Waals surface area (Å²) in [5.41, 5.74) is 2.92. The van der Waals surface area contributed by atoms with E-state index < -0.39 is 6.10 Å². The average molecular weight is 310 g/mol. The van der Waals surface area contributed by atoms with Gasteiger partial charge in [0.15, 0.2) is 6.10 Å². The summed E-state index contributed by atoms with van der Waals surface area (Å²) in [5, 5.41) is 5.58. The number of nitrogens with one attached hydrogen (secondary N) is 2. The van der Waals surface area contributed by atoms with Crippen LogP contribution in [0.5, 0.6) is 5.75 Å². The molecule has 1 unspecified atom stereocenters. The molecular weight excluding hydrogens is 292 g/mol. The first kappa shape index (κ1) is 15.1. The Morgan fingerprint density at radius 2 is 1.96 bits per heavy atom. The van der Waals surface area contributed by atoms with Crippen molar-refractivity contribution in [1.29, 1.82) is 0 Å². The molecular formula is C18H18N2O3. The summed E-state index contributed by atoms with van der Waals surface area (Å²) in [6.07, 6.45) is 0.427. The highest BCUT2D eigenvalue weighted by Crippen LogP contribution is 2.30. The molecule has 2 amide bonds. The third-order valence-electron chi connectivity index (χ3n) is 3.79. The van der Waals surface area contributed by atoms with Crippen molar-refractivity contribution in [3.05, 3.63) is 53.6 Å². The Morgan fingerprint density at radius 1 is 1.22 bits per heavy atom. The van der Waals surface area contributed by atoms with Crippen LogP contribution in [0.1, 0.15) is 29.8 Å². The van der Waals surface area contributed by atoms with E-state index in [4.69, 9.17) is 4.74 Å². The van der Waals surface area contributed by atoms with Crippen LogP contribution in [0.4, 0.5) is 11.4 Å². The van der Waals surface area contributed by atoms with Gasteiger partial charge in [0, 0.05) is 11.3 Å². The molecule has 3 rings (SSSR count). The molecule has 5 nitrogen and oxygen atoms in total. The molecule has 0 aromatic heterocycles. The van der Waals surface area contributed by atoms with Crippen LogP contribution in [0.3, 0.4) is 0 Å². The Bertz CT molecular complexity index is 753. The Labute approximate surface area is 134 Å². The Morgan fingerprint density at radius 3 is 2.65 bits per heavy atom. The van der Waals surface area contributed by atoms with E-state index in [1.165, 1.54) is 5.56 Å². The first-order chi connectivity index (χ1) is 11.1. The van der Waals surface area contributed by atoms with Crippen LogP contribution < -0.4 is 15.4 Å². The Kier molecular flexibility index (Phi) is 4.02. The standard InChI is InChI=1S/C18H18N2O3/c1-3-12-4-7-14(8-5-12)19-18(22)13-6-9-16-15(10-13)20-17(21)11(2)23-16/h4-11H,3H2,1-2H3,(H,19,22)(H,20,21). The molecule has 0 aliphatic carbocycles. The van der Waals surface area contributed by atoms with Crippen molar-refractivity contribution in [2.45, 2.75) is 26.4 Å². The summed E-state index contributed by atoms with van der Waals surface area (Å²) in [5.74, 6) is 0.121. The average Bonchev–Trinajstić information content (AvgIpc) is 2.56. The summed E-state index contributed by atoms with van der Waals surface area (Å²) in [6.45, 7) is 3.76. The van der Waals surface area contributed by atoms with Crippen molar-refractivity contribution >= 4 is 23.2 Å². The van der Waals surface area contributed by atoms with Crippen molar-refractivity contribution in [2.75, 3.05) is 10.6 Å². The minimum absolute atomic E-state index is 0.217. The Balaban J connectivity index is 1.77. The van der Waals surface area contributed by atoms with Gasteiger partial charge in [-0.25, -0.2) is 0 Å². The summed E-state index contributed by atoms with van der Waals surface area (Å²) >= 11 is 0. The highest BCUT2D eigenvalue weighted by molar-refractivity contribution is 6.06. The number of anilines is 2. The Hall–Kier alpha value is -2.82. The normalized spacial score (nSPS) is 16.1. The van der Waals surface area contributed by atoms with Crippen LogP contribution in [0.2, 0.25) is 0 Å². The topological polar surface area (TPSA) is 67.4 Å².